The third-order valence-electron chi connectivity index (χ3n) is 2.07. The number of nitrogens with zero attached hydrogens (tertiary/aromatic N) is 3. The molecule has 1 N–H and O–H groups in total. The van der Waals surface area contributed by atoms with Gasteiger partial charge in [0.2, 0.25) is 5.13 Å². The fourth-order valence-electron chi connectivity index (χ4n) is 1.42. The topological polar surface area (TPSA) is 49.2 Å². The van der Waals surface area contributed by atoms with E-state index in [0.717, 1.165) is 18.1 Å². The lowest BCUT2D eigenvalue weighted by Crippen LogP contribution is -2.29. The molecule has 0 amide bonds. The zero-order chi connectivity index (χ0) is 8.60. The second-order valence-corrected chi connectivity index (χ2v) is 4.15. The van der Waals surface area contributed by atoms with Crippen LogP contribution in [0.15, 0.2) is 6.33 Å². The molecule has 1 saturated heterocycles. The van der Waals surface area contributed by atoms with Gasteiger partial charge in [-0.05, 0) is 13.3 Å². The fraction of sp³-hybridized carbons (Fsp3) is 0.714. The van der Waals surface area contributed by atoms with Crippen LogP contribution >= 0.6 is 11.5 Å². The highest BCUT2D eigenvalue weighted by molar-refractivity contribution is 7.09. The van der Waals surface area contributed by atoms with Crippen molar-refractivity contribution >= 4 is 16.7 Å². The van der Waals surface area contributed by atoms with E-state index in [1.54, 1.807) is 6.33 Å². The summed E-state index contributed by atoms with van der Waals surface area (Å²) in [4.78, 5) is 6.15. The normalized spacial score (nSPS) is 29.7. The van der Waals surface area contributed by atoms with Crippen LogP contribution in [0.3, 0.4) is 0 Å². The molecular weight excluding hydrogens is 174 g/mol. The van der Waals surface area contributed by atoms with Crippen molar-refractivity contribution in [2.75, 3.05) is 18.0 Å². The summed E-state index contributed by atoms with van der Waals surface area (Å²) >= 11 is 1.37. The monoisotopic (exact) mass is 185 g/mol. The minimum Gasteiger partial charge on any atom is -0.388 e. The predicted octanol–water partition coefficient (Wildman–Crippen LogP) is 0.499. The zero-order valence-electron chi connectivity index (χ0n) is 6.90. The van der Waals surface area contributed by atoms with Crippen molar-refractivity contribution in [3.8, 4) is 0 Å². The number of aromatic nitrogens is 2. The molecule has 66 valence electrons. The Bertz CT molecular complexity index is 260. The predicted molar refractivity (Wildman–Crippen MR) is 47.4 cm³/mol. The van der Waals surface area contributed by atoms with E-state index >= 15 is 0 Å². The van der Waals surface area contributed by atoms with Gasteiger partial charge in [-0.3, -0.25) is 0 Å². The number of aliphatic hydroxyl groups is 1. The summed E-state index contributed by atoms with van der Waals surface area (Å²) in [6.45, 7) is 3.40. The molecule has 1 aliphatic heterocycles. The van der Waals surface area contributed by atoms with Crippen LogP contribution in [-0.4, -0.2) is 33.2 Å². The highest BCUT2D eigenvalue weighted by Gasteiger charge is 2.32. The highest BCUT2D eigenvalue weighted by Crippen LogP contribution is 2.26. The van der Waals surface area contributed by atoms with Crippen molar-refractivity contribution in [2.45, 2.75) is 18.9 Å². The standard InChI is InChI=1S/C7H11N3OS/c1-7(11)2-3-10(4-7)6-8-5-9-12-6/h5,11H,2-4H2,1H3. The van der Waals surface area contributed by atoms with Gasteiger partial charge in [-0.1, -0.05) is 0 Å². The molecular formula is C7H11N3OS. The van der Waals surface area contributed by atoms with Crippen LogP contribution in [0.2, 0.25) is 0 Å². The smallest absolute Gasteiger partial charge is 0.205 e. The Morgan fingerprint density at radius 3 is 3.08 bits per heavy atom. The number of β-amino-alcohol motifs (C(OH)–C–C–N with tert-alkyl or cyclic N) is 1. The van der Waals surface area contributed by atoms with Crippen LogP contribution in [0.5, 0.6) is 0 Å². The molecule has 0 radical (unpaired) electrons. The van der Waals surface area contributed by atoms with Crippen LogP contribution in [0.25, 0.3) is 0 Å². The van der Waals surface area contributed by atoms with E-state index in [1.165, 1.54) is 11.5 Å². The molecule has 5 heteroatoms. The van der Waals surface area contributed by atoms with Crippen LogP contribution in [0.1, 0.15) is 13.3 Å². The quantitative estimate of drug-likeness (QED) is 0.692. The van der Waals surface area contributed by atoms with Crippen LogP contribution in [-0.2, 0) is 0 Å². The van der Waals surface area contributed by atoms with E-state index in [9.17, 15) is 5.11 Å². The molecule has 1 aliphatic rings. The average Bonchev–Trinajstić information content (AvgIpc) is 2.55. The molecule has 0 bridgehead atoms. The maximum Gasteiger partial charge on any atom is 0.205 e. The van der Waals surface area contributed by atoms with Gasteiger partial charge in [0.05, 0.1) is 5.60 Å². The Morgan fingerprint density at radius 1 is 1.75 bits per heavy atom. The summed E-state index contributed by atoms with van der Waals surface area (Å²) in [5, 5.41) is 10.6. The first kappa shape index (κ1) is 7.94. The van der Waals surface area contributed by atoms with E-state index in [1.807, 2.05) is 6.92 Å². The minimum absolute atomic E-state index is 0.550. The van der Waals surface area contributed by atoms with Crippen molar-refractivity contribution in [2.24, 2.45) is 0 Å². The fourth-order valence-corrected chi connectivity index (χ4v) is 1.97. The van der Waals surface area contributed by atoms with Crippen LogP contribution < -0.4 is 4.90 Å². The van der Waals surface area contributed by atoms with Gasteiger partial charge in [-0.2, -0.15) is 4.37 Å². The first-order valence-corrected chi connectivity index (χ1v) is 4.69. The second-order valence-electron chi connectivity index (χ2n) is 3.39. The zero-order valence-corrected chi connectivity index (χ0v) is 7.71. The van der Waals surface area contributed by atoms with Gasteiger partial charge in [0, 0.05) is 24.6 Å². The Hall–Kier alpha value is -0.680. The van der Waals surface area contributed by atoms with Crippen molar-refractivity contribution in [3.05, 3.63) is 6.33 Å². The summed E-state index contributed by atoms with van der Waals surface area (Å²) in [5.41, 5.74) is -0.550. The molecule has 1 atom stereocenters. The van der Waals surface area contributed by atoms with Gasteiger partial charge in [0.15, 0.2) is 0 Å². The van der Waals surface area contributed by atoms with Crippen molar-refractivity contribution in [1.29, 1.82) is 0 Å². The molecule has 4 nitrogen and oxygen atoms in total. The largest absolute Gasteiger partial charge is 0.388 e. The number of hydrogen-bond donors (Lipinski definition) is 1. The van der Waals surface area contributed by atoms with Crippen molar-refractivity contribution in [3.63, 3.8) is 0 Å². The summed E-state index contributed by atoms with van der Waals surface area (Å²) in [6, 6.07) is 0. The van der Waals surface area contributed by atoms with E-state index in [2.05, 4.69) is 14.3 Å². The van der Waals surface area contributed by atoms with E-state index < -0.39 is 5.60 Å². The lowest BCUT2D eigenvalue weighted by atomic mass is 10.1. The summed E-state index contributed by atoms with van der Waals surface area (Å²) < 4.78 is 3.92. The van der Waals surface area contributed by atoms with Gasteiger partial charge in [0.1, 0.15) is 6.33 Å². The van der Waals surface area contributed by atoms with Gasteiger partial charge in [-0.25, -0.2) is 4.98 Å². The molecule has 0 aromatic carbocycles. The minimum atomic E-state index is -0.550. The highest BCUT2D eigenvalue weighted by atomic mass is 32.1. The molecule has 1 aromatic rings. The Labute approximate surface area is 75.0 Å². The first-order valence-electron chi connectivity index (χ1n) is 3.91. The lowest BCUT2D eigenvalue weighted by molar-refractivity contribution is 0.0839. The Morgan fingerprint density at radius 2 is 2.58 bits per heavy atom. The van der Waals surface area contributed by atoms with Gasteiger partial charge in [-0.15, -0.1) is 0 Å². The third-order valence-corrected chi connectivity index (χ3v) is 2.80. The molecule has 0 aliphatic carbocycles. The molecule has 1 unspecified atom stereocenters. The molecule has 1 fully saturated rings. The summed E-state index contributed by atoms with van der Waals surface area (Å²) in [5.74, 6) is 0. The maximum absolute atomic E-state index is 9.68. The Balaban J connectivity index is 2.10. The third kappa shape index (κ3) is 1.42. The molecule has 1 aromatic heterocycles. The molecule has 0 spiro atoms. The second kappa shape index (κ2) is 2.67. The number of anilines is 1. The van der Waals surface area contributed by atoms with Gasteiger partial charge in [0.25, 0.3) is 0 Å². The SMILES string of the molecule is CC1(O)CCN(c2ncns2)C1. The summed E-state index contributed by atoms with van der Waals surface area (Å²) in [7, 11) is 0. The molecule has 12 heavy (non-hydrogen) atoms. The van der Waals surface area contributed by atoms with Gasteiger partial charge >= 0.3 is 0 Å². The Kier molecular flexibility index (Phi) is 1.77. The summed E-state index contributed by atoms with van der Waals surface area (Å²) in [6.07, 6.45) is 2.36. The molecule has 2 rings (SSSR count). The maximum atomic E-state index is 9.68. The van der Waals surface area contributed by atoms with E-state index in [0.29, 0.717) is 6.54 Å². The number of hydrogen-bond acceptors (Lipinski definition) is 5. The van der Waals surface area contributed by atoms with Crippen molar-refractivity contribution < 1.29 is 5.11 Å². The van der Waals surface area contributed by atoms with E-state index in [-0.39, 0.29) is 0 Å². The number of rotatable bonds is 1. The van der Waals surface area contributed by atoms with E-state index in [4.69, 9.17) is 0 Å². The molecule has 2 heterocycles. The van der Waals surface area contributed by atoms with Crippen LogP contribution in [0, 0.1) is 0 Å². The lowest BCUT2D eigenvalue weighted by Gasteiger charge is -2.17. The van der Waals surface area contributed by atoms with Crippen LogP contribution in [0.4, 0.5) is 5.13 Å². The average molecular weight is 185 g/mol. The van der Waals surface area contributed by atoms with Gasteiger partial charge < -0.3 is 10.0 Å². The first-order chi connectivity index (χ1) is 5.67. The molecule has 0 saturated carbocycles. The van der Waals surface area contributed by atoms with Crippen molar-refractivity contribution in [1.82, 2.24) is 9.36 Å².